The maximum atomic E-state index is 6.63. The van der Waals surface area contributed by atoms with Crippen molar-refractivity contribution in [3.63, 3.8) is 0 Å². The van der Waals surface area contributed by atoms with Crippen molar-refractivity contribution in [1.82, 2.24) is 9.55 Å². The second-order valence-electron chi connectivity index (χ2n) is 12.0. The standard InChI is InChI=1S/C42H26N2O2/c1-44-36-22-19-26(23-35(36)43-42(44)25-11-3-2-4-12-25)27-20-21-30(29-14-6-5-13-28(27)29)33-24-34-31-15-7-9-17-37(31)45-41(34)39-32-16-8-10-18-38(32)46-40(33)39/h2-24H,1H3. The van der Waals surface area contributed by atoms with Gasteiger partial charge in [0.1, 0.15) is 28.2 Å². The van der Waals surface area contributed by atoms with Crippen molar-refractivity contribution >= 4 is 65.7 Å². The number of imidazole rings is 1. The quantitative estimate of drug-likeness (QED) is 0.206. The van der Waals surface area contributed by atoms with Crippen molar-refractivity contribution < 1.29 is 8.83 Å². The number of nitrogens with zero attached hydrogens (tertiary/aromatic N) is 2. The average Bonchev–Trinajstić information content (AvgIpc) is 3.79. The van der Waals surface area contributed by atoms with Crippen molar-refractivity contribution in [2.24, 2.45) is 7.05 Å². The molecular formula is C42H26N2O2. The summed E-state index contributed by atoms with van der Waals surface area (Å²) in [6, 6.07) is 48.9. The minimum atomic E-state index is 0.842. The molecule has 3 heterocycles. The van der Waals surface area contributed by atoms with Gasteiger partial charge in [-0.3, -0.25) is 0 Å². The molecule has 10 rings (SSSR count). The maximum absolute atomic E-state index is 6.63. The van der Waals surface area contributed by atoms with Crippen molar-refractivity contribution in [1.29, 1.82) is 0 Å². The Bertz CT molecular complexity index is 2820. The summed E-state index contributed by atoms with van der Waals surface area (Å²) < 4.78 is 15.3. The Hall–Kier alpha value is -6.13. The normalized spacial score (nSPS) is 12.0. The van der Waals surface area contributed by atoms with Crippen LogP contribution in [0.5, 0.6) is 0 Å². The van der Waals surface area contributed by atoms with E-state index in [1.54, 1.807) is 0 Å². The second-order valence-corrected chi connectivity index (χ2v) is 12.0. The number of hydrogen-bond acceptors (Lipinski definition) is 3. The fourth-order valence-electron chi connectivity index (χ4n) is 7.26. The first-order valence-corrected chi connectivity index (χ1v) is 15.5. The topological polar surface area (TPSA) is 44.1 Å². The highest BCUT2D eigenvalue weighted by molar-refractivity contribution is 6.26. The lowest BCUT2D eigenvalue weighted by Crippen LogP contribution is -1.91. The van der Waals surface area contributed by atoms with E-state index in [1.165, 1.54) is 16.3 Å². The Morgan fingerprint density at radius 3 is 1.91 bits per heavy atom. The van der Waals surface area contributed by atoms with E-state index in [4.69, 9.17) is 13.8 Å². The van der Waals surface area contributed by atoms with E-state index < -0.39 is 0 Å². The molecule has 3 aromatic heterocycles. The zero-order valence-corrected chi connectivity index (χ0v) is 25.0. The molecule has 0 saturated carbocycles. The molecule has 0 saturated heterocycles. The smallest absolute Gasteiger partial charge is 0.147 e. The van der Waals surface area contributed by atoms with Crippen LogP contribution >= 0.6 is 0 Å². The minimum absolute atomic E-state index is 0.842. The number of benzene rings is 7. The second kappa shape index (κ2) is 9.43. The highest BCUT2D eigenvalue weighted by Crippen LogP contribution is 2.46. The molecule has 0 N–H and O–H groups in total. The van der Waals surface area contributed by atoms with Crippen LogP contribution in [-0.2, 0) is 7.05 Å². The lowest BCUT2D eigenvalue weighted by atomic mass is 9.90. The highest BCUT2D eigenvalue weighted by Gasteiger charge is 2.22. The van der Waals surface area contributed by atoms with Crippen LogP contribution < -0.4 is 0 Å². The number of hydrogen-bond donors (Lipinski definition) is 0. The number of fused-ring (bicyclic) bond motifs is 9. The van der Waals surface area contributed by atoms with Crippen LogP contribution in [0.15, 0.2) is 148 Å². The molecule has 10 aromatic rings. The predicted octanol–water partition coefficient (Wildman–Crippen LogP) is 11.5. The molecule has 0 amide bonds. The van der Waals surface area contributed by atoms with Gasteiger partial charge in [-0.1, -0.05) is 109 Å². The summed E-state index contributed by atoms with van der Waals surface area (Å²) in [6.07, 6.45) is 0. The zero-order chi connectivity index (χ0) is 30.4. The lowest BCUT2D eigenvalue weighted by molar-refractivity contribution is 0.663. The minimum Gasteiger partial charge on any atom is -0.455 e. The van der Waals surface area contributed by atoms with E-state index >= 15 is 0 Å². The largest absolute Gasteiger partial charge is 0.455 e. The fourth-order valence-corrected chi connectivity index (χ4v) is 7.26. The van der Waals surface area contributed by atoms with Crippen LogP contribution in [0.1, 0.15) is 0 Å². The Balaban J connectivity index is 1.22. The van der Waals surface area contributed by atoms with Gasteiger partial charge in [-0.2, -0.15) is 0 Å². The summed E-state index contributed by atoms with van der Waals surface area (Å²) in [7, 11) is 2.08. The summed E-state index contributed by atoms with van der Waals surface area (Å²) in [5.74, 6) is 0.963. The molecule has 46 heavy (non-hydrogen) atoms. The van der Waals surface area contributed by atoms with Gasteiger partial charge in [0.15, 0.2) is 0 Å². The van der Waals surface area contributed by atoms with E-state index in [9.17, 15) is 0 Å². The van der Waals surface area contributed by atoms with Crippen LogP contribution in [-0.4, -0.2) is 9.55 Å². The first kappa shape index (κ1) is 25.2. The summed E-state index contributed by atoms with van der Waals surface area (Å²) in [4.78, 5) is 5.06. The molecule has 0 bridgehead atoms. The van der Waals surface area contributed by atoms with E-state index in [-0.39, 0.29) is 0 Å². The fraction of sp³-hybridized carbons (Fsp3) is 0.0238. The van der Waals surface area contributed by atoms with Crippen molar-refractivity contribution in [3.05, 3.63) is 140 Å². The molecule has 0 atom stereocenters. The Kier molecular flexibility index (Phi) is 5.17. The molecule has 7 aromatic carbocycles. The molecule has 216 valence electrons. The van der Waals surface area contributed by atoms with Crippen LogP contribution in [0.4, 0.5) is 0 Å². The van der Waals surface area contributed by atoms with Gasteiger partial charge in [-0.15, -0.1) is 0 Å². The molecule has 0 aliphatic heterocycles. The van der Waals surface area contributed by atoms with Crippen molar-refractivity contribution in [3.8, 4) is 33.6 Å². The molecule has 4 heteroatoms. The first-order valence-electron chi connectivity index (χ1n) is 15.5. The molecule has 0 fully saturated rings. The van der Waals surface area contributed by atoms with Crippen LogP contribution in [0.25, 0.3) is 99.3 Å². The number of aryl methyl sites for hydroxylation is 1. The Labute approximate surface area is 263 Å². The Morgan fingerprint density at radius 2 is 1.11 bits per heavy atom. The molecule has 0 aliphatic rings. The summed E-state index contributed by atoms with van der Waals surface area (Å²) in [6.45, 7) is 0. The molecule has 0 radical (unpaired) electrons. The summed E-state index contributed by atoms with van der Waals surface area (Å²) in [5, 5.41) is 6.61. The van der Waals surface area contributed by atoms with E-state index in [2.05, 4.69) is 121 Å². The third kappa shape index (κ3) is 3.52. The van der Waals surface area contributed by atoms with Gasteiger partial charge in [0.25, 0.3) is 0 Å². The lowest BCUT2D eigenvalue weighted by Gasteiger charge is -2.13. The van der Waals surface area contributed by atoms with Gasteiger partial charge in [0.2, 0.25) is 0 Å². The molecular weight excluding hydrogens is 564 g/mol. The van der Waals surface area contributed by atoms with Crippen molar-refractivity contribution in [2.75, 3.05) is 0 Å². The monoisotopic (exact) mass is 590 g/mol. The van der Waals surface area contributed by atoms with Gasteiger partial charge in [-0.05, 0) is 57.8 Å². The Morgan fingerprint density at radius 1 is 0.478 bits per heavy atom. The summed E-state index contributed by atoms with van der Waals surface area (Å²) in [5.41, 5.74) is 11.1. The molecule has 4 nitrogen and oxygen atoms in total. The molecule has 0 unspecified atom stereocenters. The van der Waals surface area contributed by atoms with Gasteiger partial charge in [0, 0.05) is 34.3 Å². The van der Waals surface area contributed by atoms with Gasteiger partial charge in [0.05, 0.1) is 16.4 Å². The zero-order valence-electron chi connectivity index (χ0n) is 25.0. The third-order valence-electron chi connectivity index (χ3n) is 9.43. The SMILES string of the molecule is Cn1c(-c2ccccc2)nc2cc(-c3ccc(-c4cc5c6ccccc6oc5c5c4oc4ccccc45)c4ccccc34)ccc21. The van der Waals surface area contributed by atoms with E-state index in [0.717, 1.165) is 83.0 Å². The molecule has 0 aliphatic carbocycles. The number of rotatable bonds is 3. The summed E-state index contributed by atoms with van der Waals surface area (Å²) >= 11 is 0. The number of furan rings is 2. The predicted molar refractivity (Wildman–Crippen MR) is 189 cm³/mol. The van der Waals surface area contributed by atoms with Gasteiger partial charge in [-0.25, -0.2) is 4.98 Å². The first-order chi connectivity index (χ1) is 22.7. The van der Waals surface area contributed by atoms with Gasteiger partial charge >= 0.3 is 0 Å². The highest BCUT2D eigenvalue weighted by atomic mass is 16.3. The van der Waals surface area contributed by atoms with E-state index in [0.29, 0.717) is 0 Å². The van der Waals surface area contributed by atoms with Crippen LogP contribution in [0.3, 0.4) is 0 Å². The average molecular weight is 591 g/mol. The maximum Gasteiger partial charge on any atom is 0.147 e. The van der Waals surface area contributed by atoms with Crippen LogP contribution in [0.2, 0.25) is 0 Å². The van der Waals surface area contributed by atoms with Crippen molar-refractivity contribution in [2.45, 2.75) is 0 Å². The van der Waals surface area contributed by atoms with E-state index in [1.807, 2.05) is 30.3 Å². The van der Waals surface area contributed by atoms with Crippen LogP contribution in [0, 0.1) is 0 Å². The third-order valence-corrected chi connectivity index (χ3v) is 9.43. The number of aromatic nitrogens is 2. The molecule has 0 spiro atoms. The van der Waals surface area contributed by atoms with Gasteiger partial charge < -0.3 is 13.4 Å². The number of para-hydroxylation sites is 2.